The molecule has 224 valence electrons. The number of ether oxygens (including phenoxy) is 2. The summed E-state index contributed by atoms with van der Waals surface area (Å²) in [6, 6.07) is 28.1. The number of nitrogen functional groups attached to an aromatic ring is 1. The highest BCUT2D eigenvalue weighted by atomic mass is 16.6. The van der Waals surface area contributed by atoms with Gasteiger partial charge >= 0.3 is 6.09 Å². The third-order valence-electron chi connectivity index (χ3n) is 9.48. The maximum absolute atomic E-state index is 12.7. The lowest BCUT2D eigenvalue weighted by Crippen LogP contribution is -2.44. The van der Waals surface area contributed by atoms with Gasteiger partial charge in [0.15, 0.2) is 0 Å². The van der Waals surface area contributed by atoms with Crippen LogP contribution in [-0.4, -0.2) is 38.6 Å². The van der Waals surface area contributed by atoms with Crippen molar-refractivity contribution in [1.29, 1.82) is 0 Å². The number of benzene rings is 3. The molecule has 5 aromatic rings. The number of carbonyl (C=O) groups is 1. The second kappa shape index (κ2) is 12.0. The second-order valence-electron chi connectivity index (χ2n) is 12.1. The molecule has 8 nitrogen and oxygen atoms in total. The molecule has 7 rings (SSSR count). The summed E-state index contributed by atoms with van der Waals surface area (Å²) in [7, 11) is 0. The number of hydrogen-bond acceptors (Lipinski definition) is 6. The smallest absolute Gasteiger partial charge is 0.410 e. The minimum atomic E-state index is -0.208. The number of fused-ring (bicyclic) bond motifs is 1. The third kappa shape index (κ3) is 5.72. The highest BCUT2D eigenvalue weighted by molar-refractivity contribution is 6.00. The van der Waals surface area contributed by atoms with Crippen molar-refractivity contribution in [2.45, 2.75) is 51.2 Å². The van der Waals surface area contributed by atoms with Gasteiger partial charge in [-0.1, -0.05) is 60.7 Å². The van der Waals surface area contributed by atoms with Crippen molar-refractivity contribution in [3.8, 4) is 22.6 Å². The van der Waals surface area contributed by atoms with Crippen LogP contribution in [0.4, 0.5) is 10.6 Å². The van der Waals surface area contributed by atoms with Crippen molar-refractivity contribution >= 4 is 22.9 Å². The zero-order valence-corrected chi connectivity index (χ0v) is 24.8. The Labute approximate surface area is 257 Å². The molecule has 1 saturated carbocycles. The van der Waals surface area contributed by atoms with Gasteiger partial charge in [0.1, 0.15) is 35.9 Å². The molecule has 3 heterocycles. The molecule has 2 aromatic heterocycles. The van der Waals surface area contributed by atoms with Crippen LogP contribution in [0.2, 0.25) is 0 Å². The molecule has 2 fully saturated rings. The lowest BCUT2D eigenvalue weighted by Gasteiger charge is -2.45. The number of piperidine rings is 1. The summed E-state index contributed by atoms with van der Waals surface area (Å²) in [6.07, 6.45) is 9.99. The molecule has 0 atom stereocenters. The average Bonchev–Trinajstić information content (AvgIpc) is 3.47. The molecule has 0 unspecified atom stereocenters. The Morgan fingerprint density at radius 2 is 1.50 bits per heavy atom. The van der Waals surface area contributed by atoms with Crippen molar-refractivity contribution < 1.29 is 14.3 Å². The first kappa shape index (κ1) is 28.0. The molecular weight excluding hydrogens is 550 g/mol. The summed E-state index contributed by atoms with van der Waals surface area (Å²) >= 11 is 0. The van der Waals surface area contributed by atoms with Gasteiger partial charge in [-0.05, 0) is 79.3 Å². The second-order valence-corrected chi connectivity index (χ2v) is 12.1. The highest BCUT2D eigenvalue weighted by Crippen LogP contribution is 2.49. The van der Waals surface area contributed by atoms with Crippen LogP contribution < -0.4 is 10.5 Å². The van der Waals surface area contributed by atoms with E-state index in [9.17, 15) is 4.79 Å². The van der Waals surface area contributed by atoms with E-state index in [1.165, 1.54) is 0 Å². The van der Waals surface area contributed by atoms with Gasteiger partial charge in [0.25, 0.3) is 0 Å². The molecule has 2 N–H and O–H groups in total. The summed E-state index contributed by atoms with van der Waals surface area (Å²) in [5, 5.41) is 0.895. The van der Waals surface area contributed by atoms with Crippen molar-refractivity contribution in [1.82, 2.24) is 19.4 Å². The van der Waals surface area contributed by atoms with E-state index >= 15 is 0 Å². The Bertz CT molecular complexity index is 1720. The largest absolute Gasteiger partial charge is 0.457 e. The fourth-order valence-corrected chi connectivity index (χ4v) is 6.90. The number of rotatable bonds is 6. The normalized spacial score (nSPS) is 16.7. The van der Waals surface area contributed by atoms with E-state index in [0.29, 0.717) is 18.5 Å². The quantitative estimate of drug-likeness (QED) is 0.216. The molecule has 1 amide bonds. The summed E-state index contributed by atoms with van der Waals surface area (Å²) in [5.41, 5.74) is 10.7. The Hall–Kier alpha value is -4.85. The number of para-hydroxylation sites is 1. The zero-order chi connectivity index (χ0) is 29.9. The number of nitrogens with zero attached hydrogens (tertiary/aromatic N) is 4. The molecule has 0 radical (unpaired) electrons. The number of nitrogens with two attached hydrogens (primary N) is 1. The Morgan fingerprint density at radius 1 is 0.841 bits per heavy atom. The van der Waals surface area contributed by atoms with Gasteiger partial charge in [0, 0.05) is 30.9 Å². The predicted molar refractivity (Wildman–Crippen MR) is 171 cm³/mol. The zero-order valence-electron chi connectivity index (χ0n) is 24.8. The van der Waals surface area contributed by atoms with E-state index in [1.807, 2.05) is 77.7 Å². The van der Waals surface area contributed by atoms with Crippen LogP contribution >= 0.6 is 0 Å². The predicted octanol–water partition coefficient (Wildman–Crippen LogP) is 8.01. The number of likely N-dealkylation sites (tertiary alicyclic amines) is 1. The van der Waals surface area contributed by atoms with Gasteiger partial charge in [-0.3, -0.25) is 0 Å². The number of amides is 1. The topological polar surface area (TPSA) is 95.5 Å². The number of anilines is 1. The fraction of sp³-hybridized carbons (Fsp3) is 0.306. The molecule has 1 aliphatic heterocycles. The molecular formula is C36H37N5O3. The molecule has 44 heavy (non-hydrogen) atoms. The first-order valence-electron chi connectivity index (χ1n) is 15.5. The first-order valence-corrected chi connectivity index (χ1v) is 15.5. The molecule has 0 bridgehead atoms. The SMILES string of the molecule is Nc1ncnc2c1c(-c1ccc(Oc3ccccc3)cc1)cn2C1CCC2(CC1)CCN(C(=O)OCc1ccccc1)CC2. The van der Waals surface area contributed by atoms with Gasteiger partial charge in [-0.2, -0.15) is 0 Å². The number of hydrogen-bond donors (Lipinski definition) is 1. The summed E-state index contributed by atoms with van der Waals surface area (Å²) in [4.78, 5) is 23.6. The van der Waals surface area contributed by atoms with E-state index < -0.39 is 0 Å². The van der Waals surface area contributed by atoms with E-state index in [-0.39, 0.29) is 11.5 Å². The molecule has 2 aliphatic rings. The maximum Gasteiger partial charge on any atom is 0.410 e. The molecule has 1 spiro atoms. The fourth-order valence-electron chi connectivity index (χ4n) is 6.90. The van der Waals surface area contributed by atoms with Gasteiger partial charge in [0.05, 0.1) is 5.39 Å². The Balaban J connectivity index is 1.02. The minimum Gasteiger partial charge on any atom is -0.457 e. The van der Waals surface area contributed by atoms with Crippen LogP contribution in [0.5, 0.6) is 11.5 Å². The van der Waals surface area contributed by atoms with Gasteiger partial charge < -0.3 is 24.7 Å². The lowest BCUT2D eigenvalue weighted by molar-refractivity contribution is 0.0384. The van der Waals surface area contributed by atoms with Crippen LogP contribution in [0, 0.1) is 5.41 Å². The molecule has 1 aliphatic carbocycles. The van der Waals surface area contributed by atoms with Crippen LogP contribution in [0.1, 0.15) is 50.1 Å². The Kier molecular flexibility index (Phi) is 7.64. The van der Waals surface area contributed by atoms with Crippen molar-refractivity contribution in [2.75, 3.05) is 18.8 Å². The standard InChI is InChI=1S/C36H37N5O3/c37-33-32-31(27-11-13-30(14-12-27)44-29-9-5-2-6-10-29)23-41(34(32)39-25-38-33)28-15-17-36(18-16-28)19-21-40(22-20-36)35(42)43-24-26-7-3-1-4-8-26/h1-14,23,25,28H,15-22,24H2,(H2,37,38,39). The molecule has 1 saturated heterocycles. The lowest BCUT2D eigenvalue weighted by atomic mass is 9.67. The summed E-state index contributed by atoms with van der Waals surface area (Å²) < 4.78 is 13.9. The van der Waals surface area contributed by atoms with E-state index in [1.54, 1.807) is 6.33 Å². The monoisotopic (exact) mass is 587 g/mol. The number of carbonyl (C=O) groups excluding carboxylic acids is 1. The van der Waals surface area contributed by atoms with Crippen molar-refractivity contribution in [2.24, 2.45) is 5.41 Å². The van der Waals surface area contributed by atoms with Crippen LogP contribution in [0.15, 0.2) is 97.5 Å². The van der Waals surface area contributed by atoms with E-state index in [4.69, 9.17) is 20.2 Å². The van der Waals surface area contributed by atoms with Crippen LogP contribution in [0.3, 0.4) is 0 Å². The maximum atomic E-state index is 12.7. The summed E-state index contributed by atoms with van der Waals surface area (Å²) in [5.74, 6) is 2.08. The van der Waals surface area contributed by atoms with Crippen molar-refractivity contribution in [3.05, 3.63) is 103 Å². The molecule has 8 heteroatoms. The van der Waals surface area contributed by atoms with Gasteiger partial charge in [0.2, 0.25) is 0 Å². The van der Waals surface area contributed by atoms with Crippen LogP contribution in [0.25, 0.3) is 22.2 Å². The van der Waals surface area contributed by atoms with Crippen molar-refractivity contribution in [3.63, 3.8) is 0 Å². The highest BCUT2D eigenvalue weighted by Gasteiger charge is 2.40. The van der Waals surface area contributed by atoms with Gasteiger partial charge in [-0.25, -0.2) is 14.8 Å². The summed E-state index contributed by atoms with van der Waals surface area (Å²) in [6.45, 7) is 1.82. The van der Waals surface area contributed by atoms with E-state index in [0.717, 1.165) is 90.8 Å². The molecule has 3 aromatic carbocycles. The number of aromatic nitrogens is 3. The van der Waals surface area contributed by atoms with E-state index in [2.05, 4.69) is 27.9 Å². The van der Waals surface area contributed by atoms with Gasteiger partial charge in [-0.15, -0.1) is 0 Å². The van der Waals surface area contributed by atoms with Crippen LogP contribution in [-0.2, 0) is 11.3 Å². The first-order chi connectivity index (χ1) is 21.6. The Morgan fingerprint density at radius 3 is 2.20 bits per heavy atom. The third-order valence-corrected chi connectivity index (χ3v) is 9.48. The average molecular weight is 588 g/mol. The minimum absolute atomic E-state index is 0.208.